The van der Waals surface area contributed by atoms with Crippen molar-refractivity contribution >= 4 is 0 Å². The van der Waals surface area contributed by atoms with E-state index in [9.17, 15) is 0 Å². The van der Waals surface area contributed by atoms with Crippen LogP contribution >= 0.6 is 0 Å². The molecule has 0 aliphatic carbocycles. The summed E-state index contributed by atoms with van der Waals surface area (Å²) in [4.78, 5) is 0. The van der Waals surface area contributed by atoms with Crippen molar-refractivity contribution in [1.82, 2.24) is 0 Å². The fourth-order valence-corrected chi connectivity index (χ4v) is 0.996. The summed E-state index contributed by atoms with van der Waals surface area (Å²) in [6, 6.07) is 2.21. The van der Waals surface area contributed by atoms with Crippen LogP contribution in [0, 0.1) is 6.92 Å². The number of hydrogen-bond donors (Lipinski definition) is 1. The number of rotatable bonds is 3. The zero-order valence-corrected chi connectivity index (χ0v) is 7.13. The van der Waals surface area contributed by atoms with Crippen LogP contribution in [-0.4, -0.2) is 6.04 Å². The molecule has 2 nitrogen and oxygen atoms in total. The molecule has 0 radical (unpaired) electrons. The van der Waals surface area contributed by atoms with Gasteiger partial charge in [0, 0.05) is 12.5 Å². The molecule has 1 atom stereocenters. The first-order valence-electron chi connectivity index (χ1n) is 4.02. The molecule has 0 fully saturated rings. The SMILES string of the molecule is CCC(N)Cc1occc1C. The molecule has 0 spiro atoms. The minimum Gasteiger partial charge on any atom is -0.469 e. The summed E-state index contributed by atoms with van der Waals surface area (Å²) >= 11 is 0. The second-order valence-corrected chi connectivity index (χ2v) is 2.90. The highest BCUT2D eigenvalue weighted by Gasteiger charge is 2.06. The lowest BCUT2D eigenvalue weighted by Crippen LogP contribution is -2.21. The Morgan fingerprint density at radius 2 is 2.36 bits per heavy atom. The largest absolute Gasteiger partial charge is 0.469 e. The highest BCUT2D eigenvalue weighted by atomic mass is 16.3. The minimum atomic E-state index is 0.236. The summed E-state index contributed by atoms with van der Waals surface area (Å²) in [5.74, 6) is 1.03. The van der Waals surface area contributed by atoms with Crippen molar-refractivity contribution < 1.29 is 4.42 Å². The average Bonchev–Trinajstić information content (AvgIpc) is 2.37. The Bertz CT molecular complexity index is 217. The lowest BCUT2D eigenvalue weighted by Gasteiger charge is -2.05. The third-order valence-corrected chi connectivity index (χ3v) is 1.94. The smallest absolute Gasteiger partial charge is 0.108 e. The highest BCUT2D eigenvalue weighted by Crippen LogP contribution is 2.11. The van der Waals surface area contributed by atoms with Gasteiger partial charge in [0.25, 0.3) is 0 Å². The predicted octanol–water partition coefficient (Wildman–Crippen LogP) is 1.87. The molecule has 0 aliphatic rings. The third-order valence-electron chi connectivity index (χ3n) is 1.94. The van der Waals surface area contributed by atoms with Crippen LogP contribution in [0.5, 0.6) is 0 Å². The van der Waals surface area contributed by atoms with Gasteiger partial charge in [-0.1, -0.05) is 6.92 Å². The highest BCUT2D eigenvalue weighted by molar-refractivity contribution is 5.15. The third kappa shape index (κ3) is 2.09. The van der Waals surface area contributed by atoms with Crippen LogP contribution in [0.2, 0.25) is 0 Å². The molecular formula is C9H15NO. The predicted molar refractivity (Wildman–Crippen MR) is 45.4 cm³/mol. The molecule has 1 unspecified atom stereocenters. The van der Waals surface area contributed by atoms with E-state index in [0.717, 1.165) is 18.6 Å². The molecule has 0 amide bonds. The standard InChI is InChI=1S/C9H15NO/c1-3-8(10)6-9-7(2)4-5-11-9/h4-5,8H,3,6,10H2,1-2H3. The van der Waals surface area contributed by atoms with Crippen LogP contribution in [0.4, 0.5) is 0 Å². The maximum absolute atomic E-state index is 5.77. The van der Waals surface area contributed by atoms with Crippen molar-refractivity contribution in [2.45, 2.75) is 32.7 Å². The molecule has 1 aromatic heterocycles. The van der Waals surface area contributed by atoms with E-state index in [2.05, 4.69) is 6.92 Å². The van der Waals surface area contributed by atoms with Crippen LogP contribution in [0.25, 0.3) is 0 Å². The molecule has 1 heterocycles. The van der Waals surface area contributed by atoms with Gasteiger partial charge in [-0.15, -0.1) is 0 Å². The van der Waals surface area contributed by atoms with Gasteiger partial charge in [0.05, 0.1) is 6.26 Å². The first-order valence-corrected chi connectivity index (χ1v) is 4.02. The quantitative estimate of drug-likeness (QED) is 0.720. The lowest BCUT2D eigenvalue weighted by atomic mass is 10.1. The van der Waals surface area contributed by atoms with E-state index in [1.54, 1.807) is 6.26 Å². The van der Waals surface area contributed by atoms with E-state index >= 15 is 0 Å². The number of nitrogens with two attached hydrogens (primary N) is 1. The van der Waals surface area contributed by atoms with E-state index in [1.165, 1.54) is 5.56 Å². The summed E-state index contributed by atoms with van der Waals surface area (Å²) in [6.07, 6.45) is 3.57. The van der Waals surface area contributed by atoms with Gasteiger partial charge in [-0.3, -0.25) is 0 Å². The zero-order chi connectivity index (χ0) is 8.27. The van der Waals surface area contributed by atoms with Gasteiger partial charge in [-0.2, -0.15) is 0 Å². The van der Waals surface area contributed by atoms with E-state index in [1.807, 2.05) is 13.0 Å². The van der Waals surface area contributed by atoms with Crippen LogP contribution in [0.1, 0.15) is 24.7 Å². The van der Waals surface area contributed by atoms with Crippen LogP contribution in [0.3, 0.4) is 0 Å². The Kier molecular flexibility index (Phi) is 2.71. The Morgan fingerprint density at radius 1 is 1.64 bits per heavy atom. The normalized spacial score (nSPS) is 13.4. The lowest BCUT2D eigenvalue weighted by molar-refractivity contribution is 0.477. The van der Waals surface area contributed by atoms with Crippen molar-refractivity contribution in [2.75, 3.05) is 0 Å². The van der Waals surface area contributed by atoms with E-state index in [4.69, 9.17) is 10.2 Å². The minimum absolute atomic E-state index is 0.236. The van der Waals surface area contributed by atoms with Crippen molar-refractivity contribution in [3.8, 4) is 0 Å². The van der Waals surface area contributed by atoms with Gasteiger partial charge in [0.15, 0.2) is 0 Å². The molecule has 0 bridgehead atoms. The fourth-order valence-electron chi connectivity index (χ4n) is 0.996. The second-order valence-electron chi connectivity index (χ2n) is 2.90. The molecule has 2 N–H and O–H groups in total. The number of aryl methyl sites for hydroxylation is 1. The van der Waals surface area contributed by atoms with Gasteiger partial charge in [0.2, 0.25) is 0 Å². The van der Waals surface area contributed by atoms with Crippen molar-refractivity contribution in [2.24, 2.45) is 5.73 Å². The van der Waals surface area contributed by atoms with Gasteiger partial charge < -0.3 is 10.2 Å². The molecule has 1 aromatic rings. The van der Waals surface area contributed by atoms with Crippen molar-refractivity contribution in [3.63, 3.8) is 0 Å². The molecular weight excluding hydrogens is 138 g/mol. The van der Waals surface area contributed by atoms with Gasteiger partial charge in [0.1, 0.15) is 5.76 Å². The summed E-state index contributed by atoms with van der Waals surface area (Å²) in [5.41, 5.74) is 6.98. The van der Waals surface area contributed by atoms with Crippen LogP contribution < -0.4 is 5.73 Å². The zero-order valence-electron chi connectivity index (χ0n) is 7.13. The first kappa shape index (κ1) is 8.34. The molecule has 11 heavy (non-hydrogen) atoms. The van der Waals surface area contributed by atoms with Crippen molar-refractivity contribution in [1.29, 1.82) is 0 Å². The van der Waals surface area contributed by atoms with Gasteiger partial charge in [-0.25, -0.2) is 0 Å². The summed E-state index contributed by atoms with van der Waals surface area (Å²) < 4.78 is 5.26. The molecule has 0 saturated heterocycles. The fraction of sp³-hybridized carbons (Fsp3) is 0.556. The maximum Gasteiger partial charge on any atom is 0.108 e. The molecule has 1 rings (SSSR count). The molecule has 2 heteroatoms. The van der Waals surface area contributed by atoms with Crippen LogP contribution in [0.15, 0.2) is 16.7 Å². The molecule has 0 saturated carbocycles. The Balaban J connectivity index is 2.56. The second kappa shape index (κ2) is 3.58. The molecule has 0 aliphatic heterocycles. The average molecular weight is 153 g/mol. The van der Waals surface area contributed by atoms with Crippen molar-refractivity contribution in [3.05, 3.63) is 23.7 Å². The van der Waals surface area contributed by atoms with Gasteiger partial charge >= 0.3 is 0 Å². The van der Waals surface area contributed by atoms with E-state index < -0.39 is 0 Å². The number of furan rings is 1. The Labute approximate surface area is 67.4 Å². The molecule has 62 valence electrons. The van der Waals surface area contributed by atoms with E-state index in [0.29, 0.717) is 0 Å². The van der Waals surface area contributed by atoms with Gasteiger partial charge in [-0.05, 0) is 25.0 Å². The summed E-state index contributed by atoms with van der Waals surface area (Å²) in [6.45, 7) is 4.13. The topological polar surface area (TPSA) is 39.2 Å². The van der Waals surface area contributed by atoms with E-state index in [-0.39, 0.29) is 6.04 Å². The monoisotopic (exact) mass is 153 g/mol. The summed E-state index contributed by atoms with van der Waals surface area (Å²) in [7, 11) is 0. The number of hydrogen-bond acceptors (Lipinski definition) is 2. The Hall–Kier alpha value is -0.760. The summed E-state index contributed by atoms with van der Waals surface area (Å²) in [5, 5.41) is 0. The maximum atomic E-state index is 5.77. The first-order chi connectivity index (χ1) is 5.24. The Morgan fingerprint density at radius 3 is 2.82 bits per heavy atom. The molecule has 0 aromatic carbocycles. The van der Waals surface area contributed by atoms with Crippen LogP contribution in [-0.2, 0) is 6.42 Å².